The van der Waals surface area contributed by atoms with Gasteiger partial charge in [0.2, 0.25) is 0 Å². The van der Waals surface area contributed by atoms with E-state index in [1.165, 1.54) is 0 Å². The summed E-state index contributed by atoms with van der Waals surface area (Å²) in [5, 5.41) is 23.2. The first-order valence-electron chi connectivity index (χ1n) is 0.707. The summed E-state index contributed by atoms with van der Waals surface area (Å²) in [4.78, 5) is 0. The van der Waals surface area contributed by atoms with Gasteiger partial charge >= 0.3 is 17.1 Å². The zero-order valence-electron chi connectivity index (χ0n) is 3.31. The van der Waals surface area contributed by atoms with Gasteiger partial charge in [-0.3, -0.25) is 0 Å². The molecule has 6 nitrogen and oxygen atoms in total. The molecule has 0 aromatic heterocycles. The largest absolute Gasteiger partial charge is 3.00 e. The molecular weight excluding hydrogens is 146 g/mol. The smallest absolute Gasteiger partial charge is 0.790 e. The summed E-state index contributed by atoms with van der Waals surface area (Å²) in [7, 11) is 0. The first-order valence-corrected chi connectivity index (χ1v) is 0.707. The predicted molar refractivity (Wildman–Crippen MR) is 22.7 cm³/mol. The maximum atomic E-state index is 7.75. The second-order valence-corrected chi connectivity index (χ2v) is 0. The van der Waals surface area contributed by atoms with Gasteiger partial charge in [-0.15, -0.1) is 0 Å². The third-order valence-electron chi connectivity index (χ3n) is 0. The van der Waals surface area contributed by atoms with Crippen LogP contribution < -0.4 is 17.7 Å². The zero-order chi connectivity index (χ0) is 6.00. The van der Waals surface area contributed by atoms with Gasteiger partial charge in [0, 0.05) is 0 Å². The minimum Gasteiger partial charge on any atom is -0.790 e. The number of nitrogens with two attached hydrogens (primary N) is 3. The molecule has 0 bridgehead atoms. The van der Waals surface area contributed by atoms with Crippen LogP contribution in [0.4, 0.5) is 0 Å². The van der Waals surface area contributed by atoms with Crippen molar-refractivity contribution in [3.63, 3.8) is 0 Å². The molecular formula is H6FeN3O3. The Morgan fingerprint density at radius 1 is 0.571 bits per heavy atom. The van der Waals surface area contributed by atoms with Crippen LogP contribution in [0.5, 0.6) is 0 Å². The van der Waals surface area contributed by atoms with E-state index in [-0.39, 0.29) is 17.1 Å². The summed E-state index contributed by atoms with van der Waals surface area (Å²) in [6.45, 7) is 0. The first kappa shape index (κ1) is 26.7. The summed E-state index contributed by atoms with van der Waals surface area (Å²) < 4.78 is 0. The van der Waals surface area contributed by atoms with Crippen molar-refractivity contribution in [3.8, 4) is 0 Å². The van der Waals surface area contributed by atoms with E-state index in [9.17, 15) is 0 Å². The van der Waals surface area contributed by atoms with Crippen molar-refractivity contribution in [1.82, 2.24) is 0 Å². The molecule has 0 saturated heterocycles. The van der Waals surface area contributed by atoms with E-state index in [0.29, 0.717) is 0 Å². The van der Waals surface area contributed by atoms with Crippen molar-refractivity contribution < 1.29 is 17.1 Å². The van der Waals surface area contributed by atoms with Gasteiger partial charge < -0.3 is 33.3 Å². The Labute approximate surface area is 51.2 Å². The molecule has 0 aliphatic carbocycles. The fraction of sp³-hybridized carbons (Fsp3) is 0. The monoisotopic (exact) mass is 152 g/mol. The van der Waals surface area contributed by atoms with Gasteiger partial charge in [0.25, 0.3) is 0 Å². The number of hydrogen-bond donors (Lipinski definition) is 3. The Bertz CT molecular complexity index is 10.1. The molecule has 0 aliphatic rings. The van der Waals surface area contributed by atoms with E-state index in [1.807, 2.05) is 0 Å². The van der Waals surface area contributed by atoms with Crippen LogP contribution >= 0.6 is 0 Å². The van der Waals surface area contributed by atoms with Crippen LogP contribution in [0.25, 0.3) is 0 Å². The SMILES string of the molecule is N[O-].N[O-].N[O-].[Fe+3]. The second-order valence-electron chi connectivity index (χ2n) is 0. The summed E-state index contributed by atoms with van der Waals surface area (Å²) in [5.74, 6) is 9.75. The molecule has 6 N–H and O–H groups in total. The van der Waals surface area contributed by atoms with E-state index in [4.69, 9.17) is 15.6 Å². The molecule has 0 amide bonds. The molecule has 47 valence electrons. The zero-order valence-corrected chi connectivity index (χ0v) is 4.41. The summed E-state index contributed by atoms with van der Waals surface area (Å²) in [6, 6.07) is 0. The normalized spacial score (nSPS) is 2.57. The maximum Gasteiger partial charge on any atom is 3.00 e. The number of hydrogen-bond acceptors (Lipinski definition) is 6. The van der Waals surface area contributed by atoms with E-state index in [2.05, 4.69) is 17.7 Å². The van der Waals surface area contributed by atoms with Crippen LogP contribution in [0.3, 0.4) is 0 Å². The average Bonchev–Trinajstić information content (AvgIpc) is 1.81. The quantitative estimate of drug-likeness (QED) is 0.279. The predicted octanol–water partition coefficient (Wildman–Crippen LogP) is -1.67. The molecule has 0 aromatic carbocycles. The molecule has 0 rings (SSSR count). The van der Waals surface area contributed by atoms with Gasteiger partial charge in [0.05, 0.1) is 0 Å². The Kier molecular flexibility index (Phi) is 8540. The Hall–Kier alpha value is 0.279. The van der Waals surface area contributed by atoms with Gasteiger partial charge in [-0.2, -0.15) is 0 Å². The minimum absolute atomic E-state index is 0. The third-order valence-corrected chi connectivity index (χ3v) is 0. The first-order chi connectivity index (χ1) is 3.00. The molecule has 0 spiro atoms. The Morgan fingerprint density at radius 2 is 0.571 bits per heavy atom. The maximum absolute atomic E-state index is 7.75. The molecule has 7 heteroatoms. The van der Waals surface area contributed by atoms with Crippen molar-refractivity contribution in [2.75, 3.05) is 0 Å². The average molecular weight is 152 g/mol. The molecule has 1 radical (unpaired) electrons. The fourth-order valence-corrected chi connectivity index (χ4v) is 0. The molecule has 0 aliphatic heterocycles. The summed E-state index contributed by atoms with van der Waals surface area (Å²) in [6.07, 6.45) is 0. The Balaban J connectivity index is -0.00000000900. The van der Waals surface area contributed by atoms with E-state index >= 15 is 0 Å². The molecule has 7 heavy (non-hydrogen) atoms. The van der Waals surface area contributed by atoms with Crippen LogP contribution in [0.2, 0.25) is 0 Å². The Morgan fingerprint density at radius 3 is 0.571 bits per heavy atom. The number of rotatable bonds is 0. The van der Waals surface area contributed by atoms with E-state index in [1.54, 1.807) is 0 Å². The standard InChI is InChI=1S/Fe.3H2NO/c;3*1-2/h;3*1H2/q+3;3*-1. The molecule has 0 aromatic rings. The van der Waals surface area contributed by atoms with Crippen molar-refractivity contribution >= 4 is 0 Å². The third kappa shape index (κ3) is 1470. The van der Waals surface area contributed by atoms with Crippen LogP contribution in [0.1, 0.15) is 0 Å². The fourth-order valence-electron chi connectivity index (χ4n) is 0. The minimum atomic E-state index is 0. The molecule has 0 fully saturated rings. The van der Waals surface area contributed by atoms with Crippen molar-refractivity contribution in [2.24, 2.45) is 17.7 Å². The van der Waals surface area contributed by atoms with E-state index in [0.717, 1.165) is 0 Å². The van der Waals surface area contributed by atoms with Gasteiger partial charge in [-0.25, -0.2) is 0 Å². The molecule has 0 atom stereocenters. The molecule has 0 saturated carbocycles. The molecule has 0 heterocycles. The van der Waals surface area contributed by atoms with Crippen molar-refractivity contribution in [3.05, 3.63) is 15.6 Å². The van der Waals surface area contributed by atoms with Crippen LogP contribution in [0.15, 0.2) is 0 Å². The van der Waals surface area contributed by atoms with Gasteiger partial charge in [0.15, 0.2) is 0 Å². The van der Waals surface area contributed by atoms with Gasteiger partial charge in [-0.05, 0) is 0 Å². The second kappa shape index (κ2) is 2240. The topological polar surface area (TPSA) is 147 Å². The van der Waals surface area contributed by atoms with Crippen molar-refractivity contribution in [1.29, 1.82) is 0 Å². The van der Waals surface area contributed by atoms with Crippen molar-refractivity contribution in [2.45, 2.75) is 0 Å². The van der Waals surface area contributed by atoms with Crippen LogP contribution in [-0.2, 0) is 17.1 Å². The van der Waals surface area contributed by atoms with Gasteiger partial charge in [-0.1, -0.05) is 0 Å². The molecule has 0 unspecified atom stereocenters. The van der Waals surface area contributed by atoms with Crippen LogP contribution in [-0.4, -0.2) is 0 Å². The summed E-state index contributed by atoms with van der Waals surface area (Å²) >= 11 is 0. The van der Waals surface area contributed by atoms with Crippen LogP contribution in [0, 0.1) is 15.6 Å². The van der Waals surface area contributed by atoms with E-state index < -0.39 is 0 Å². The van der Waals surface area contributed by atoms with Gasteiger partial charge in [0.1, 0.15) is 0 Å². The summed E-state index contributed by atoms with van der Waals surface area (Å²) in [5.41, 5.74) is 0.